The second kappa shape index (κ2) is 3.10. The van der Waals surface area contributed by atoms with E-state index < -0.39 is 0 Å². The summed E-state index contributed by atoms with van der Waals surface area (Å²) in [6.45, 7) is 2.68. The van der Waals surface area contributed by atoms with Crippen molar-refractivity contribution < 1.29 is 4.74 Å². The molecule has 0 spiro atoms. The topological polar surface area (TPSA) is 9.23 Å². The van der Waals surface area contributed by atoms with Crippen molar-refractivity contribution in [3.63, 3.8) is 0 Å². The molecule has 0 saturated heterocycles. The predicted octanol–water partition coefficient (Wildman–Crippen LogP) is 2.92. The van der Waals surface area contributed by atoms with Crippen molar-refractivity contribution in [2.45, 2.75) is 6.42 Å². The van der Waals surface area contributed by atoms with Crippen LogP contribution in [-0.2, 0) is 11.2 Å². The lowest BCUT2D eigenvalue weighted by atomic mass is 9.98. The molecule has 1 aliphatic rings. The van der Waals surface area contributed by atoms with Gasteiger partial charge in [0.15, 0.2) is 0 Å². The van der Waals surface area contributed by atoms with Gasteiger partial charge in [0.2, 0.25) is 0 Å². The maximum absolute atomic E-state index is 5.32. The molecule has 1 radical (unpaired) electrons. The molecule has 0 saturated carbocycles. The summed E-state index contributed by atoms with van der Waals surface area (Å²) in [6.07, 6.45) is 1.02. The summed E-state index contributed by atoms with van der Waals surface area (Å²) in [5.41, 5.74) is 2.63. The van der Waals surface area contributed by atoms with Crippen LogP contribution in [0.4, 0.5) is 0 Å². The van der Waals surface area contributed by atoms with Gasteiger partial charge in [-0.05, 0) is 34.4 Å². The van der Waals surface area contributed by atoms with Crippen LogP contribution in [0.5, 0.6) is 0 Å². The highest BCUT2D eigenvalue weighted by molar-refractivity contribution is 5.84. The molecule has 0 atom stereocenters. The Bertz CT molecular complexity index is 429. The number of benzene rings is 2. The Labute approximate surface area is 83.3 Å². The second-order valence-electron chi connectivity index (χ2n) is 3.64. The highest BCUT2D eigenvalue weighted by Crippen LogP contribution is 2.24. The van der Waals surface area contributed by atoms with Gasteiger partial charge in [-0.3, -0.25) is 0 Å². The van der Waals surface area contributed by atoms with E-state index in [0.717, 1.165) is 13.0 Å². The molecule has 1 aliphatic heterocycles. The third kappa shape index (κ3) is 1.21. The van der Waals surface area contributed by atoms with Crippen LogP contribution in [0.25, 0.3) is 10.8 Å². The van der Waals surface area contributed by atoms with E-state index >= 15 is 0 Å². The molecule has 1 heterocycles. The molecule has 0 aromatic heterocycles. The van der Waals surface area contributed by atoms with E-state index in [2.05, 4.69) is 36.4 Å². The first kappa shape index (κ1) is 8.01. The molecule has 0 fully saturated rings. The van der Waals surface area contributed by atoms with Gasteiger partial charge in [-0.15, -0.1) is 0 Å². The fourth-order valence-electron chi connectivity index (χ4n) is 1.95. The molecule has 1 heteroatoms. The van der Waals surface area contributed by atoms with E-state index in [1.807, 2.05) is 6.61 Å². The fraction of sp³-hybridized carbons (Fsp3) is 0.154. The van der Waals surface area contributed by atoms with Crippen molar-refractivity contribution in [3.05, 3.63) is 54.1 Å². The summed E-state index contributed by atoms with van der Waals surface area (Å²) < 4.78 is 5.32. The Balaban J connectivity index is 2.27. The summed E-state index contributed by atoms with van der Waals surface area (Å²) in [6, 6.07) is 12.9. The third-order valence-electron chi connectivity index (χ3n) is 2.71. The van der Waals surface area contributed by atoms with Crippen LogP contribution in [0.3, 0.4) is 0 Å². The quantitative estimate of drug-likeness (QED) is 0.610. The number of hydrogen-bond donors (Lipinski definition) is 0. The number of hydrogen-bond acceptors (Lipinski definition) is 1. The van der Waals surface area contributed by atoms with E-state index in [0.29, 0.717) is 0 Å². The van der Waals surface area contributed by atoms with Crippen LogP contribution in [0.15, 0.2) is 36.4 Å². The first-order chi connectivity index (χ1) is 6.93. The maximum Gasteiger partial charge on any atom is 0.113 e. The van der Waals surface area contributed by atoms with Crippen LogP contribution >= 0.6 is 0 Å². The average molecular weight is 183 g/mol. The standard InChI is InChI=1S/C13H11O/c1-2-4-11-8-13-9-14-6-5-12(13)7-10(11)3-1/h1-4,7-9H,5-6H2. The Hall–Kier alpha value is -1.34. The Kier molecular flexibility index (Phi) is 1.78. The molecule has 14 heavy (non-hydrogen) atoms. The van der Waals surface area contributed by atoms with E-state index in [4.69, 9.17) is 4.74 Å². The van der Waals surface area contributed by atoms with Gasteiger partial charge in [-0.25, -0.2) is 0 Å². The minimum absolute atomic E-state index is 0.811. The van der Waals surface area contributed by atoms with E-state index in [-0.39, 0.29) is 0 Å². The zero-order chi connectivity index (χ0) is 9.38. The highest BCUT2D eigenvalue weighted by Gasteiger charge is 2.10. The van der Waals surface area contributed by atoms with Crippen LogP contribution in [-0.4, -0.2) is 6.61 Å². The van der Waals surface area contributed by atoms with Crippen LogP contribution in [0.1, 0.15) is 11.1 Å². The lowest BCUT2D eigenvalue weighted by molar-refractivity contribution is 0.204. The largest absolute Gasteiger partial charge is 0.370 e. The molecule has 1 nitrogen and oxygen atoms in total. The normalized spacial score (nSPS) is 15.4. The number of fused-ring (bicyclic) bond motifs is 2. The van der Waals surface area contributed by atoms with Crippen LogP contribution in [0.2, 0.25) is 0 Å². The molecule has 2 aromatic rings. The van der Waals surface area contributed by atoms with Gasteiger partial charge in [0.1, 0.15) is 6.61 Å². The Morgan fingerprint density at radius 1 is 1.00 bits per heavy atom. The van der Waals surface area contributed by atoms with Crippen molar-refractivity contribution >= 4 is 10.8 Å². The fourth-order valence-corrected chi connectivity index (χ4v) is 1.95. The van der Waals surface area contributed by atoms with Gasteiger partial charge in [-0.1, -0.05) is 30.3 Å². The molecule has 0 unspecified atom stereocenters. The summed E-state index contributed by atoms with van der Waals surface area (Å²) in [7, 11) is 0. The van der Waals surface area contributed by atoms with Crippen molar-refractivity contribution in [1.29, 1.82) is 0 Å². The molecule has 2 aromatic carbocycles. The molecule has 0 aliphatic carbocycles. The molecular formula is C13H11O. The molecule has 0 N–H and O–H groups in total. The molecule has 0 amide bonds. The molecule has 3 rings (SSSR count). The summed E-state index contributed by atoms with van der Waals surface area (Å²) in [5.74, 6) is 0. The minimum Gasteiger partial charge on any atom is -0.370 e. The summed E-state index contributed by atoms with van der Waals surface area (Å²) in [4.78, 5) is 0. The van der Waals surface area contributed by atoms with Gasteiger partial charge in [0.05, 0.1) is 6.61 Å². The zero-order valence-corrected chi connectivity index (χ0v) is 7.86. The predicted molar refractivity (Wildman–Crippen MR) is 57.0 cm³/mol. The van der Waals surface area contributed by atoms with Crippen molar-refractivity contribution in [1.82, 2.24) is 0 Å². The number of ether oxygens (including phenoxy) is 1. The van der Waals surface area contributed by atoms with Gasteiger partial charge >= 0.3 is 0 Å². The van der Waals surface area contributed by atoms with Gasteiger partial charge in [0.25, 0.3) is 0 Å². The monoisotopic (exact) mass is 183 g/mol. The third-order valence-corrected chi connectivity index (χ3v) is 2.71. The Morgan fingerprint density at radius 3 is 2.64 bits per heavy atom. The van der Waals surface area contributed by atoms with Crippen molar-refractivity contribution in [2.75, 3.05) is 6.61 Å². The highest BCUT2D eigenvalue weighted by atomic mass is 16.5. The smallest absolute Gasteiger partial charge is 0.113 e. The van der Waals surface area contributed by atoms with E-state index in [9.17, 15) is 0 Å². The SMILES string of the molecule is [CH]1OCCc2cc3ccccc3cc21. The van der Waals surface area contributed by atoms with Crippen molar-refractivity contribution in [2.24, 2.45) is 0 Å². The average Bonchev–Trinajstić information content (AvgIpc) is 2.26. The molecular weight excluding hydrogens is 172 g/mol. The molecule has 0 bridgehead atoms. The van der Waals surface area contributed by atoms with E-state index in [1.54, 1.807) is 0 Å². The van der Waals surface area contributed by atoms with Crippen LogP contribution in [0, 0.1) is 6.61 Å². The minimum atomic E-state index is 0.811. The summed E-state index contributed by atoms with van der Waals surface area (Å²) in [5, 5.41) is 2.61. The first-order valence-corrected chi connectivity index (χ1v) is 4.90. The van der Waals surface area contributed by atoms with Crippen molar-refractivity contribution in [3.8, 4) is 0 Å². The van der Waals surface area contributed by atoms with Gasteiger partial charge < -0.3 is 4.74 Å². The lowest BCUT2D eigenvalue weighted by Gasteiger charge is -2.16. The van der Waals surface area contributed by atoms with Gasteiger partial charge in [-0.2, -0.15) is 0 Å². The maximum atomic E-state index is 5.32. The van der Waals surface area contributed by atoms with E-state index in [1.165, 1.54) is 21.9 Å². The summed E-state index contributed by atoms with van der Waals surface area (Å²) >= 11 is 0. The van der Waals surface area contributed by atoms with Gasteiger partial charge in [0, 0.05) is 0 Å². The second-order valence-corrected chi connectivity index (χ2v) is 3.64. The molecule has 69 valence electrons. The number of rotatable bonds is 0. The Morgan fingerprint density at radius 2 is 1.79 bits per heavy atom. The lowest BCUT2D eigenvalue weighted by Crippen LogP contribution is -2.07. The first-order valence-electron chi connectivity index (χ1n) is 4.90. The van der Waals surface area contributed by atoms with Crippen LogP contribution < -0.4 is 0 Å². The zero-order valence-electron chi connectivity index (χ0n) is 7.86.